The fourth-order valence-corrected chi connectivity index (χ4v) is 5.95. The third-order valence-electron chi connectivity index (χ3n) is 7.40. The minimum Gasteiger partial charge on any atom is -0.192 e. The van der Waals surface area contributed by atoms with E-state index in [4.69, 9.17) is 0 Å². The Labute approximate surface area is 205 Å². The molecule has 0 N–H and O–H groups in total. The van der Waals surface area contributed by atoms with Crippen molar-refractivity contribution in [1.82, 2.24) is 0 Å². The van der Waals surface area contributed by atoms with Crippen LogP contribution >= 0.6 is 0 Å². The minimum atomic E-state index is 0.101. The van der Waals surface area contributed by atoms with Gasteiger partial charge in [0.05, 0.1) is 11.6 Å². The average Bonchev–Trinajstić information content (AvgIpc) is 3.44. The van der Waals surface area contributed by atoms with Crippen molar-refractivity contribution in [2.24, 2.45) is 0 Å². The molecule has 1 heteroatoms. The van der Waals surface area contributed by atoms with Crippen molar-refractivity contribution < 1.29 is 0 Å². The van der Waals surface area contributed by atoms with E-state index >= 15 is 0 Å². The van der Waals surface area contributed by atoms with E-state index in [2.05, 4.69) is 115 Å². The molecular weight excluding hydrogens is 422 g/mol. The highest BCUT2D eigenvalue weighted by molar-refractivity contribution is 6.12. The first-order valence-electron chi connectivity index (χ1n) is 12.0. The Morgan fingerprint density at radius 2 is 0.914 bits per heavy atom. The van der Waals surface area contributed by atoms with Crippen LogP contribution in [0, 0.1) is 11.3 Å². The molecule has 0 aromatic heterocycles. The van der Waals surface area contributed by atoms with E-state index in [1.807, 2.05) is 12.1 Å². The van der Waals surface area contributed by atoms with Gasteiger partial charge in [-0.3, -0.25) is 0 Å². The summed E-state index contributed by atoms with van der Waals surface area (Å²) in [7, 11) is 0. The highest BCUT2D eigenvalue weighted by atomic mass is 14.4. The zero-order valence-electron chi connectivity index (χ0n) is 19.1. The second-order valence-corrected chi connectivity index (χ2v) is 9.18. The second kappa shape index (κ2) is 7.69. The number of allylic oxidation sites excluding steroid dienone is 1. The first kappa shape index (κ1) is 19.8. The lowest BCUT2D eigenvalue weighted by Gasteiger charge is -2.23. The molecule has 0 atom stereocenters. The van der Waals surface area contributed by atoms with Crippen LogP contribution in [0.3, 0.4) is 0 Å². The van der Waals surface area contributed by atoms with Crippen molar-refractivity contribution in [1.29, 1.82) is 5.26 Å². The molecular formula is C34H21N. The zero-order valence-corrected chi connectivity index (χ0v) is 19.1. The van der Waals surface area contributed by atoms with Crippen molar-refractivity contribution in [3.63, 3.8) is 0 Å². The first-order valence-corrected chi connectivity index (χ1v) is 12.0. The lowest BCUT2D eigenvalue weighted by atomic mass is 9.79. The number of rotatable bonds is 2. The van der Waals surface area contributed by atoms with Crippen LogP contribution in [0.15, 0.2) is 121 Å². The van der Waals surface area contributed by atoms with Gasteiger partial charge >= 0.3 is 0 Å². The molecule has 5 aromatic rings. The molecule has 2 aliphatic carbocycles. The fraction of sp³-hybridized carbons (Fsp3) is 0.0294. The van der Waals surface area contributed by atoms with Gasteiger partial charge in [0.2, 0.25) is 0 Å². The van der Waals surface area contributed by atoms with Crippen LogP contribution in [0.25, 0.3) is 33.4 Å². The zero-order chi connectivity index (χ0) is 23.4. The molecule has 0 saturated carbocycles. The molecule has 0 fully saturated rings. The highest BCUT2D eigenvalue weighted by Crippen LogP contribution is 2.56. The molecule has 0 unspecified atom stereocenters. The molecule has 0 aliphatic heterocycles. The summed E-state index contributed by atoms with van der Waals surface area (Å²) in [5.74, 6) is 0.101. The molecule has 35 heavy (non-hydrogen) atoms. The summed E-state index contributed by atoms with van der Waals surface area (Å²) in [6.45, 7) is 0. The Morgan fingerprint density at radius 1 is 0.486 bits per heavy atom. The quantitative estimate of drug-likeness (QED) is 0.264. The van der Waals surface area contributed by atoms with E-state index in [1.165, 1.54) is 55.7 Å². The minimum absolute atomic E-state index is 0.101. The summed E-state index contributed by atoms with van der Waals surface area (Å²) in [5.41, 5.74) is 14.8. The van der Waals surface area contributed by atoms with Crippen molar-refractivity contribution in [2.45, 2.75) is 5.92 Å². The summed E-state index contributed by atoms with van der Waals surface area (Å²) in [5, 5.41) is 9.45. The Kier molecular flexibility index (Phi) is 4.34. The van der Waals surface area contributed by atoms with Crippen LogP contribution in [0.4, 0.5) is 0 Å². The summed E-state index contributed by atoms with van der Waals surface area (Å²) in [4.78, 5) is 0. The molecule has 0 radical (unpaired) electrons. The van der Waals surface area contributed by atoms with Crippen molar-refractivity contribution >= 4 is 11.1 Å². The normalized spacial score (nSPS) is 12.9. The number of hydrogen-bond acceptors (Lipinski definition) is 1. The van der Waals surface area contributed by atoms with Gasteiger partial charge in [-0.25, -0.2) is 0 Å². The fourth-order valence-electron chi connectivity index (χ4n) is 5.95. The molecule has 0 spiro atoms. The van der Waals surface area contributed by atoms with Crippen LogP contribution in [0.1, 0.15) is 39.3 Å². The van der Waals surface area contributed by atoms with Crippen molar-refractivity contribution in [3.05, 3.63) is 155 Å². The lowest BCUT2D eigenvalue weighted by Crippen LogP contribution is -2.04. The topological polar surface area (TPSA) is 23.8 Å². The van der Waals surface area contributed by atoms with Crippen LogP contribution in [-0.4, -0.2) is 0 Å². The average molecular weight is 444 g/mol. The van der Waals surface area contributed by atoms with Gasteiger partial charge < -0.3 is 0 Å². The summed E-state index contributed by atoms with van der Waals surface area (Å²) >= 11 is 0. The molecule has 0 saturated heterocycles. The number of nitriles is 1. The smallest absolute Gasteiger partial charge is 0.0991 e. The summed E-state index contributed by atoms with van der Waals surface area (Å²) in [6.07, 6.45) is 0. The van der Waals surface area contributed by atoms with Gasteiger partial charge in [-0.15, -0.1) is 0 Å². The van der Waals surface area contributed by atoms with Crippen LogP contribution in [0.5, 0.6) is 0 Å². The Bertz CT molecular complexity index is 1600. The van der Waals surface area contributed by atoms with E-state index in [9.17, 15) is 5.26 Å². The molecule has 0 bridgehead atoms. The van der Waals surface area contributed by atoms with E-state index in [-0.39, 0.29) is 5.92 Å². The largest absolute Gasteiger partial charge is 0.192 e. The number of benzene rings is 5. The molecule has 0 heterocycles. The molecule has 7 rings (SSSR count). The van der Waals surface area contributed by atoms with Crippen LogP contribution in [0.2, 0.25) is 0 Å². The first-order chi connectivity index (χ1) is 17.3. The van der Waals surface area contributed by atoms with Gasteiger partial charge in [0, 0.05) is 5.92 Å². The van der Waals surface area contributed by atoms with Gasteiger partial charge in [-0.2, -0.15) is 5.26 Å². The predicted octanol–water partition coefficient (Wildman–Crippen LogP) is 8.31. The van der Waals surface area contributed by atoms with Crippen LogP contribution in [-0.2, 0) is 0 Å². The van der Waals surface area contributed by atoms with Gasteiger partial charge in [0.1, 0.15) is 0 Å². The Morgan fingerprint density at radius 3 is 1.40 bits per heavy atom. The van der Waals surface area contributed by atoms with E-state index in [0.29, 0.717) is 5.56 Å². The number of nitrogens with zero attached hydrogens (tertiary/aromatic N) is 1. The van der Waals surface area contributed by atoms with Gasteiger partial charge in [-0.05, 0) is 73.4 Å². The van der Waals surface area contributed by atoms with E-state index in [0.717, 1.165) is 5.56 Å². The predicted molar refractivity (Wildman–Crippen MR) is 143 cm³/mol. The summed E-state index contributed by atoms with van der Waals surface area (Å²) < 4.78 is 0. The van der Waals surface area contributed by atoms with E-state index < -0.39 is 0 Å². The third kappa shape index (κ3) is 2.87. The number of fused-ring (bicyclic) bond motifs is 6. The molecule has 5 aromatic carbocycles. The monoisotopic (exact) mass is 443 g/mol. The molecule has 162 valence electrons. The SMILES string of the molecule is N#Cc1ccc(C(=C2c3ccccc3-c3ccccc32)C2c3ccccc3-c3ccccc32)cc1. The molecule has 2 aliphatic rings. The maximum absolute atomic E-state index is 9.45. The van der Waals surface area contributed by atoms with Gasteiger partial charge in [0.25, 0.3) is 0 Å². The van der Waals surface area contributed by atoms with Crippen molar-refractivity contribution in [3.8, 4) is 28.3 Å². The third-order valence-corrected chi connectivity index (χ3v) is 7.40. The van der Waals surface area contributed by atoms with E-state index in [1.54, 1.807) is 0 Å². The van der Waals surface area contributed by atoms with Crippen LogP contribution < -0.4 is 0 Å². The molecule has 0 amide bonds. The lowest BCUT2D eigenvalue weighted by molar-refractivity contribution is 1.09. The summed E-state index contributed by atoms with van der Waals surface area (Å²) in [6, 6.07) is 45.5. The molecule has 1 nitrogen and oxygen atoms in total. The van der Waals surface area contributed by atoms with Crippen molar-refractivity contribution in [2.75, 3.05) is 0 Å². The van der Waals surface area contributed by atoms with Gasteiger partial charge in [-0.1, -0.05) is 109 Å². The highest BCUT2D eigenvalue weighted by Gasteiger charge is 2.36. The Balaban J connectivity index is 1.63. The van der Waals surface area contributed by atoms with Gasteiger partial charge in [0.15, 0.2) is 0 Å². The second-order valence-electron chi connectivity index (χ2n) is 9.18. The maximum Gasteiger partial charge on any atom is 0.0991 e. The Hall–Kier alpha value is -4.67. The standard InChI is InChI=1S/C34H21N/c35-21-22-17-19-23(20-18-22)32(33-28-13-5-1-9-24(28)25-10-2-6-14-29(25)33)34-30-15-7-3-11-26(30)27-12-4-8-16-31(27)34/h1-20,33H. The maximum atomic E-state index is 9.45. The number of hydrogen-bond donors (Lipinski definition) is 0.